The van der Waals surface area contributed by atoms with Crippen LogP contribution < -0.4 is 20.1 Å². The number of nitrogens with one attached hydrogen (secondary N) is 2. The van der Waals surface area contributed by atoms with Crippen LogP contribution in [0.15, 0.2) is 48.7 Å². The van der Waals surface area contributed by atoms with Crippen molar-refractivity contribution in [3.63, 3.8) is 0 Å². The Balaban J connectivity index is 1.43. The zero-order valence-electron chi connectivity index (χ0n) is 13.1. The van der Waals surface area contributed by atoms with Crippen molar-refractivity contribution in [2.24, 2.45) is 0 Å². The van der Waals surface area contributed by atoms with Gasteiger partial charge in [0, 0.05) is 12.2 Å². The van der Waals surface area contributed by atoms with Crippen LogP contribution in [0.5, 0.6) is 11.5 Å². The molecule has 1 aliphatic rings. The van der Waals surface area contributed by atoms with Crippen LogP contribution in [0.4, 0.5) is 21.8 Å². The Hall–Kier alpha value is -3.42. The molecule has 0 spiro atoms. The van der Waals surface area contributed by atoms with Crippen LogP contribution in [0.1, 0.15) is 5.56 Å². The summed E-state index contributed by atoms with van der Waals surface area (Å²) in [5, 5.41) is 13.9. The maximum atomic E-state index is 13.2. The molecule has 1 aliphatic heterocycles. The van der Waals surface area contributed by atoms with Crippen molar-refractivity contribution in [1.82, 2.24) is 15.2 Å². The zero-order valence-corrected chi connectivity index (χ0v) is 13.1. The van der Waals surface area contributed by atoms with Gasteiger partial charge in [0.15, 0.2) is 17.3 Å². The number of aromatic nitrogens is 3. The van der Waals surface area contributed by atoms with Crippen molar-refractivity contribution in [2.75, 3.05) is 17.4 Å². The third-order valence-electron chi connectivity index (χ3n) is 3.55. The molecule has 0 radical (unpaired) electrons. The number of hydrogen-bond donors (Lipinski definition) is 2. The lowest BCUT2D eigenvalue weighted by Gasteiger charge is -2.08. The molecule has 4 rings (SSSR count). The normalized spacial score (nSPS) is 12.0. The van der Waals surface area contributed by atoms with Gasteiger partial charge in [-0.15, -0.1) is 5.10 Å². The maximum absolute atomic E-state index is 13.2. The number of hydrogen-bond acceptors (Lipinski definition) is 7. The topological polar surface area (TPSA) is 81.2 Å². The first kappa shape index (κ1) is 15.1. The Bertz CT molecular complexity index is 906. The van der Waals surface area contributed by atoms with Crippen molar-refractivity contribution in [3.05, 3.63) is 60.0 Å². The van der Waals surface area contributed by atoms with Crippen LogP contribution in [0.3, 0.4) is 0 Å². The second-order valence-electron chi connectivity index (χ2n) is 5.34. The van der Waals surface area contributed by atoms with Crippen molar-refractivity contribution < 1.29 is 13.9 Å². The van der Waals surface area contributed by atoms with E-state index in [2.05, 4.69) is 25.8 Å². The summed E-state index contributed by atoms with van der Waals surface area (Å²) < 4.78 is 23.9. The van der Waals surface area contributed by atoms with E-state index in [1.54, 1.807) is 12.1 Å². The highest BCUT2D eigenvalue weighted by atomic mass is 19.1. The number of halogens is 1. The average molecular weight is 339 g/mol. The van der Waals surface area contributed by atoms with Crippen LogP contribution in [0, 0.1) is 5.82 Å². The summed E-state index contributed by atoms with van der Waals surface area (Å²) in [5.74, 6) is 1.96. The number of nitrogens with zero attached hydrogens (tertiary/aromatic N) is 3. The minimum atomic E-state index is -0.338. The van der Waals surface area contributed by atoms with E-state index in [4.69, 9.17) is 9.47 Å². The molecule has 25 heavy (non-hydrogen) atoms. The smallest absolute Gasteiger partial charge is 0.249 e. The van der Waals surface area contributed by atoms with Crippen molar-refractivity contribution >= 4 is 17.5 Å². The molecule has 3 aromatic rings. The fraction of sp³-hybridized carbons (Fsp3) is 0.118. The van der Waals surface area contributed by atoms with E-state index in [-0.39, 0.29) is 18.6 Å². The minimum absolute atomic E-state index is 0.247. The van der Waals surface area contributed by atoms with Crippen molar-refractivity contribution in [3.8, 4) is 11.5 Å². The molecule has 0 saturated heterocycles. The van der Waals surface area contributed by atoms with Gasteiger partial charge in [-0.2, -0.15) is 10.1 Å². The van der Waals surface area contributed by atoms with Gasteiger partial charge in [0.25, 0.3) is 0 Å². The SMILES string of the molecule is Fc1cccc(Nc2nncc(NCc3ccc4c(c3)OCO4)n2)c1. The van der Waals surface area contributed by atoms with Gasteiger partial charge in [0.05, 0.1) is 6.20 Å². The molecule has 126 valence electrons. The van der Waals surface area contributed by atoms with Gasteiger partial charge in [-0.05, 0) is 35.9 Å². The molecule has 0 atom stereocenters. The van der Waals surface area contributed by atoms with Gasteiger partial charge in [-0.25, -0.2) is 4.39 Å². The first-order chi connectivity index (χ1) is 12.3. The monoisotopic (exact) mass is 339 g/mol. The molecule has 2 aromatic carbocycles. The Morgan fingerprint density at radius 3 is 2.92 bits per heavy atom. The summed E-state index contributed by atoms with van der Waals surface area (Å²) in [6, 6.07) is 11.8. The molecule has 2 N–H and O–H groups in total. The summed E-state index contributed by atoms with van der Waals surface area (Å²) >= 11 is 0. The first-order valence-corrected chi connectivity index (χ1v) is 7.61. The highest BCUT2D eigenvalue weighted by molar-refractivity contribution is 5.54. The molecule has 0 amide bonds. The summed E-state index contributed by atoms with van der Waals surface area (Å²) in [6.45, 7) is 0.784. The van der Waals surface area contributed by atoms with E-state index in [1.807, 2.05) is 18.2 Å². The van der Waals surface area contributed by atoms with Gasteiger partial charge >= 0.3 is 0 Å². The lowest BCUT2D eigenvalue weighted by atomic mass is 10.2. The van der Waals surface area contributed by atoms with Gasteiger partial charge in [-0.1, -0.05) is 12.1 Å². The van der Waals surface area contributed by atoms with Crippen LogP contribution in [0.2, 0.25) is 0 Å². The number of ether oxygens (including phenoxy) is 2. The predicted octanol–water partition coefficient (Wildman–Crippen LogP) is 3.10. The molecular weight excluding hydrogens is 325 g/mol. The lowest BCUT2D eigenvalue weighted by molar-refractivity contribution is 0.174. The summed E-state index contributed by atoms with van der Waals surface area (Å²) in [4.78, 5) is 4.31. The number of rotatable bonds is 5. The Morgan fingerprint density at radius 1 is 1.08 bits per heavy atom. The number of fused-ring (bicyclic) bond motifs is 1. The van der Waals surface area contributed by atoms with Crippen LogP contribution >= 0.6 is 0 Å². The second kappa shape index (κ2) is 6.60. The van der Waals surface area contributed by atoms with Crippen molar-refractivity contribution in [2.45, 2.75) is 6.54 Å². The number of anilines is 3. The Labute approximate surface area is 142 Å². The predicted molar refractivity (Wildman–Crippen MR) is 89.4 cm³/mol. The molecule has 0 saturated carbocycles. The molecule has 0 fully saturated rings. The van der Waals surface area contributed by atoms with Gasteiger partial charge in [-0.3, -0.25) is 0 Å². The molecular formula is C17H14FN5O2. The first-order valence-electron chi connectivity index (χ1n) is 7.61. The largest absolute Gasteiger partial charge is 0.454 e. The maximum Gasteiger partial charge on any atom is 0.249 e. The molecule has 0 bridgehead atoms. The van der Waals surface area contributed by atoms with Crippen molar-refractivity contribution in [1.29, 1.82) is 0 Å². The van der Waals surface area contributed by atoms with E-state index in [9.17, 15) is 4.39 Å². The van der Waals surface area contributed by atoms with Crippen LogP contribution in [0.25, 0.3) is 0 Å². The highest BCUT2D eigenvalue weighted by Crippen LogP contribution is 2.32. The summed E-state index contributed by atoms with van der Waals surface area (Å²) in [6.07, 6.45) is 1.52. The fourth-order valence-electron chi connectivity index (χ4n) is 2.38. The molecule has 7 nitrogen and oxygen atoms in total. The van der Waals surface area contributed by atoms with E-state index in [1.165, 1.54) is 18.3 Å². The van der Waals surface area contributed by atoms with Crippen LogP contribution in [-0.4, -0.2) is 22.0 Å². The molecule has 8 heteroatoms. The highest BCUT2D eigenvalue weighted by Gasteiger charge is 2.13. The molecule has 1 aromatic heterocycles. The van der Waals surface area contributed by atoms with E-state index < -0.39 is 0 Å². The molecule has 0 unspecified atom stereocenters. The molecule has 0 aliphatic carbocycles. The lowest BCUT2D eigenvalue weighted by Crippen LogP contribution is -2.05. The third-order valence-corrected chi connectivity index (χ3v) is 3.55. The summed E-state index contributed by atoms with van der Waals surface area (Å²) in [7, 11) is 0. The molecule has 2 heterocycles. The Kier molecular flexibility index (Phi) is 3.99. The quantitative estimate of drug-likeness (QED) is 0.739. The minimum Gasteiger partial charge on any atom is -0.454 e. The van der Waals surface area contributed by atoms with E-state index in [0.29, 0.717) is 18.1 Å². The van der Waals surface area contributed by atoms with E-state index >= 15 is 0 Å². The van der Waals surface area contributed by atoms with E-state index in [0.717, 1.165) is 17.1 Å². The second-order valence-corrected chi connectivity index (χ2v) is 5.34. The zero-order chi connectivity index (χ0) is 17.1. The average Bonchev–Trinajstić information content (AvgIpc) is 3.08. The van der Waals surface area contributed by atoms with Crippen LogP contribution in [-0.2, 0) is 6.54 Å². The Morgan fingerprint density at radius 2 is 2.00 bits per heavy atom. The van der Waals surface area contributed by atoms with Gasteiger partial charge < -0.3 is 20.1 Å². The fourth-order valence-corrected chi connectivity index (χ4v) is 2.38. The number of benzene rings is 2. The third kappa shape index (κ3) is 3.57. The van der Waals surface area contributed by atoms with Gasteiger partial charge in [0.2, 0.25) is 12.7 Å². The standard InChI is InChI=1S/C17H14FN5O2/c18-12-2-1-3-13(7-12)21-17-22-16(9-20-23-17)19-8-11-4-5-14-15(6-11)25-10-24-14/h1-7,9H,8,10H2,(H2,19,21,22,23). The summed E-state index contributed by atoms with van der Waals surface area (Å²) in [5.41, 5.74) is 1.57. The van der Waals surface area contributed by atoms with Gasteiger partial charge in [0.1, 0.15) is 5.82 Å².